The first-order chi connectivity index (χ1) is 13.7. The lowest BCUT2D eigenvalue weighted by Gasteiger charge is -2.20. The Morgan fingerprint density at radius 1 is 1.00 bits per heavy atom. The average Bonchev–Trinajstić information content (AvgIpc) is 3.53. The molecule has 1 amide bonds. The third-order valence-corrected chi connectivity index (χ3v) is 5.76. The van der Waals surface area contributed by atoms with Crippen LogP contribution in [0.5, 0.6) is 0 Å². The van der Waals surface area contributed by atoms with Crippen molar-refractivity contribution in [1.29, 1.82) is 0 Å². The molecule has 29 heavy (non-hydrogen) atoms. The van der Waals surface area contributed by atoms with Crippen LogP contribution in [0.25, 0.3) is 0 Å². The summed E-state index contributed by atoms with van der Waals surface area (Å²) in [6, 6.07) is 15.5. The van der Waals surface area contributed by atoms with Crippen molar-refractivity contribution in [3.8, 4) is 0 Å². The second-order valence-corrected chi connectivity index (χ2v) is 8.13. The zero-order chi connectivity index (χ0) is 19.3. The predicted molar refractivity (Wildman–Crippen MR) is 122 cm³/mol. The van der Waals surface area contributed by atoms with Crippen LogP contribution >= 0.6 is 0 Å². The Kier molecular flexibility index (Phi) is 7.15. The first kappa shape index (κ1) is 21.2. The van der Waals surface area contributed by atoms with E-state index in [0.29, 0.717) is 23.0 Å². The Bertz CT molecular complexity index is 801. The molecule has 0 aromatic heterocycles. The van der Waals surface area contributed by atoms with Gasteiger partial charge in [-0.3, -0.25) is 4.79 Å². The van der Waals surface area contributed by atoms with E-state index >= 15 is 0 Å². The highest BCUT2D eigenvalue weighted by atomic mass is 16.1. The van der Waals surface area contributed by atoms with Crippen molar-refractivity contribution in [3.05, 3.63) is 54.1 Å². The van der Waals surface area contributed by atoms with E-state index in [4.69, 9.17) is 5.73 Å². The summed E-state index contributed by atoms with van der Waals surface area (Å²) < 4.78 is 0. The molecule has 5 heteroatoms. The number of carbonyl (C=O) groups is 1. The minimum absolute atomic E-state index is 0. The third kappa shape index (κ3) is 5.97. The number of carbonyl (C=O) groups excluding carboxylic acids is 1. The summed E-state index contributed by atoms with van der Waals surface area (Å²) in [4.78, 5) is 15.1. The molecule has 4 rings (SSSR count). The van der Waals surface area contributed by atoms with Crippen LogP contribution < -0.4 is 16.4 Å². The Labute approximate surface area is 174 Å². The van der Waals surface area contributed by atoms with Gasteiger partial charge in [-0.25, -0.2) is 0 Å². The lowest BCUT2D eigenvalue weighted by Crippen LogP contribution is -2.28. The first-order valence-corrected chi connectivity index (χ1v) is 10.4. The number of hydrogen-bond donors (Lipinski definition) is 3. The normalized spacial score (nSPS) is 19.7. The molecule has 1 unspecified atom stereocenters. The number of rotatable bonds is 6. The van der Waals surface area contributed by atoms with E-state index in [1.165, 1.54) is 51.7 Å². The molecule has 1 aliphatic carbocycles. The molecule has 1 saturated carbocycles. The molecule has 2 fully saturated rings. The monoisotopic (exact) mass is 394 g/mol. The van der Waals surface area contributed by atoms with E-state index in [1.807, 2.05) is 42.5 Å². The van der Waals surface area contributed by atoms with E-state index in [0.717, 1.165) is 11.6 Å². The lowest BCUT2D eigenvalue weighted by molar-refractivity contribution is 0.102. The summed E-state index contributed by atoms with van der Waals surface area (Å²) in [5, 5.41) is 6.53. The van der Waals surface area contributed by atoms with Gasteiger partial charge in [-0.1, -0.05) is 19.6 Å². The Balaban J connectivity index is 0.00000240. The molecular weight excluding hydrogens is 360 g/mol. The van der Waals surface area contributed by atoms with Crippen molar-refractivity contribution in [1.82, 2.24) is 4.90 Å². The number of hydrogen-bond acceptors (Lipinski definition) is 4. The second kappa shape index (κ2) is 9.79. The number of nitrogen functional groups attached to an aromatic ring is 1. The number of nitrogens with one attached hydrogen (secondary N) is 2. The van der Waals surface area contributed by atoms with Gasteiger partial charge in [-0.2, -0.15) is 0 Å². The van der Waals surface area contributed by atoms with Gasteiger partial charge in [0.25, 0.3) is 5.91 Å². The number of anilines is 3. The number of para-hydroxylation sites is 2. The largest absolute Gasteiger partial charge is 0.397 e. The molecule has 2 aliphatic rings. The van der Waals surface area contributed by atoms with Gasteiger partial charge in [-0.05, 0) is 81.0 Å². The summed E-state index contributed by atoms with van der Waals surface area (Å²) in [7, 11) is 0. The highest BCUT2D eigenvalue weighted by Crippen LogP contribution is 2.30. The minimum Gasteiger partial charge on any atom is -0.397 e. The molecule has 2 aromatic carbocycles. The van der Waals surface area contributed by atoms with E-state index in [9.17, 15) is 4.79 Å². The Morgan fingerprint density at radius 3 is 2.48 bits per heavy atom. The van der Waals surface area contributed by atoms with Crippen LogP contribution in [-0.4, -0.2) is 36.5 Å². The van der Waals surface area contributed by atoms with Gasteiger partial charge in [0, 0.05) is 30.4 Å². The van der Waals surface area contributed by atoms with Crippen molar-refractivity contribution < 1.29 is 4.79 Å². The number of nitrogens with zero attached hydrogens (tertiary/aromatic N) is 1. The van der Waals surface area contributed by atoms with Gasteiger partial charge >= 0.3 is 0 Å². The van der Waals surface area contributed by atoms with Gasteiger partial charge in [-0.15, -0.1) is 0 Å². The molecule has 2 aromatic rings. The fourth-order valence-electron chi connectivity index (χ4n) is 3.91. The standard InChI is InChI=1S/C23H30N4O.CH4/c24-21-5-1-2-6-22(21)26-23(28)18-9-11-20(12-10-18)25-19-4-3-14-27(15-13-19)16-17-7-8-17;/h1-2,5-6,9-12,17,19,25H,3-4,7-8,13-16,24H2,(H,26,28);1H4. The molecule has 5 nitrogen and oxygen atoms in total. The molecule has 0 radical (unpaired) electrons. The van der Waals surface area contributed by atoms with Crippen LogP contribution in [-0.2, 0) is 0 Å². The van der Waals surface area contributed by atoms with Gasteiger partial charge in [0.15, 0.2) is 0 Å². The number of amides is 1. The van der Waals surface area contributed by atoms with E-state index in [1.54, 1.807) is 6.07 Å². The Morgan fingerprint density at radius 2 is 1.76 bits per heavy atom. The Hall–Kier alpha value is -2.53. The van der Waals surface area contributed by atoms with Crippen LogP contribution in [0.15, 0.2) is 48.5 Å². The minimum atomic E-state index is -0.144. The molecule has 0 spiro atoms. The molecule has 1 saturated heterocycles. The zero-order valence-corrected chi connectivity index (χ0v) is 16.4. The van der Waals surface area contributed by atoms with Crippen molar-refractivity contribution in [2.45, 2.75) is 45.6 Å². The van der Waals surface area contributed by atoms with Gasteiger partial charge in [0.05, 0.1) is 11.4 Å². The highest BCUT2D eigenvalue weighted by molar-refractivity contribution is 6.05. The van der Waals surface area contributed by atoms with Crippen molar-refractivity contribution >= 4 is 23.0 Å². The molecule has 4 N–H and O–H groups in total. The lowest BCUT2D eigenvalue weighted by atomic mass is 10.1. The smallest absolute Gasteiger partial charge is 0.255 e. The first-order valence-electron chi connectivity index (χ1n) is 10.4. The summed E-state index contributed by atoms with van der Waals surface area (Å²) in [6.07, 6.45) is 6.49. The van der Waals surface area contributed by atoms with Crippen LogP contribution in [0.2, 0.25) is 0 Å². The number of nitrogens with two attached hydrogens (primary N) is 1. The van der Waals surface area contributed by atoms with Crippen molar-refractivity contribution in [2.75, 3.05) is 36.0 Å². The predicted octanol–water partition coefficient (Wildman–Crippen LogP) is 4.83. The summed E-state index contributed by atoms with van der Waals surface area (Å²) in [5.41, 5.74) is 8.82. The highest BCUT2D eigenvalue weighted by Gasteiger charge is 2.25. The maximum Gasteiger partial charge on any atom is 0.255 e. The molecular formula is C24H34N4O. The number of likely N-dealkylation sites (tertiary alicyclic amines) is 1. The van der Waals surface area contributed by atoms with Gasteiger partial charge in [0.1, 0.15) is 0 Å². The van der Waals surface area contributed by atoms with Gasteiger partial charge in [0.2, 0.25) is 0 Å². The summed E-state index contributed by atoms with van der Waals surface area (Å²) in [5.74, 6) is 0.823. The van der Waals surface area contributed by atoms with Crippen LogP contribution in [0.4, 0.5) is 17.1 Å². The quantitative estimate of drug-likeness (QED) is 0.614. The third-order valence-electron chi connectivity index (χ3n) is 5.76. The van der Waals surface area contributed by atoms with Crippen LogP contribution in [0.1, 0.15) is 49.9 Å². The zero-order valence-electron chi connectivity index (χ0n) is 16.4. The maximum atomic E-state index is 12.4. The van der Waals surface area contributed by atoms with E-state index in [-0.39, 0.29) is 13.3 Å². The molecule has 0 bridgehead atoms. The molecule has 1 atom stereocenters. The number of benzene rings is 2. The maximum absolute atomic E-state index is 12.4. The summed E-state index contributed by atoms with van der Waals surface area (Å²) >= 11 is 0. The van der Waals surface area contributed by atoms with Crippen LogP contribution in [0.3, 0.4) is 0 Å². The average molecular weight is 395 g/mol. The van der Waals surface area contributed by atoms with Crippen molar-refractivity contribution in [3.63, 3.8) is 0 Å². The molecule has 156 valence electrons. The fraction of sp³-hybridized carbons (Fsp3) is 0.458. The van der Waals surface area contributed by atoms with Gasteiger partial charge < -0.3 is 21.3 Å². The second-order valence-electron chi connectivity index (χ2n) is 8.13. The van der Waals surface area contributed by atoms with E-state index in [2.05, 4.69) is 15.5 Å². The molecule has 1 aliphatic heterocycles. The SMILES string of the molecule is C.Nc1ccccc1NC(=O)c1ccc(NC2CCCN(CC3CC3)CC2)cc1. The van der Waals surface area contributed by atoms with Crippen LogP contribution in [0, 0.1) is 5.92 Å². The molecule has 1 heterocycles. The fourth-order valence-corrected chi connectivity index (χ4v) is 3.91. The topological polar surface area (TPSA) is 70.4 Å². The van der Waals surface area contributed by atoms with Crippen molar-refractivity contribution in [2.24, 2.45) is 5.92 Å². The van der Waals surface area contributed by atoms with E-state index < -0.39 is 0 Å². The summed E-state index contributed by atoms with van der Waals surface area (Å²) in [6.45, 7) is 3.71.